The lowest BCUT2D eigenvalue weighted by molar-refractivity contribution is -0.384. The van der Waals surface area contributed by atoms with E-state index < -0.39 is 10.9 Å². The van der Waals surface area contributed by atoms with E-state index in [-0.39, 0.29) is 23.4 Å². The standard InChI is InChI=1S/C12H13NO5/c1-2-18-12(15)5-3-4-9-8-10(13(16)17)6-7-11(9)14/h3-4,6-8,14H,2,5H2,1H3. The van der Waals surface area contributed by atoms with Crippen LogP contribution in [0.15, 0.2) is 24.3 Å². The fraction of sp³-hybridized carbons (Fsp3) is 0.250. The van der Waals surface area contributed by atoms with Crippen LogP contribution < -0.4 is 0 Å². The molecule has 0 aliphatic rings. The highest BCUT2D eigenvalue weighted by molar-refractivity contribution is 5.73. The summed E-state index contributed by atoms with van der Waals surface area (Å²) in [5.41, 5.74) is 0.164. The normalized spacial score (nSPS) is 10.5. The van der Waals surface area contributed by atoms with Crippen LogP contribution in [0.25, 0.3) is 6.08 Å². The molecule has 1 aromatic rings. The molecule has 6 heteroatoms. The van der Waals surface area contributed by atoms with Crippen molar-refractivity contribution in [1.82, 2.24) is 0 Å². The number of aromatic hydroxyl groups is 1. The van der Waals surface area contributed by atoms with Crippen LogP contribution in [0.2, 0.25) is 0 Å². The summed E-state index contributed by atoms with van der Waals surface area (Å²) in [6.07, 6.45) is 2.98. The zero-order valence-corrected chi connectivity index (χ0v) is 9.83. The molecule has 0 bridgehead atoms. The number of nitro groups is 1. The van der Waals surface area contributed by atoms with Crippen LogP contribution >= 0.6 is 0 Å². The number of phenolic OH excluding ortho intramolecular Hbond substituents is 1. The molecule has 1 N–H and O–H groups in total. The molecule has 0 saturated carbocycles. The van der Waals surface area contributed by atoms with Crippen molar-refractivity contribution >= 4 is 17.7 Å². The van der Waals surface area contributed by atoms with Gasteiger partial charge >= 0.3 is 5.97 Å². The van der Waals surface area contributed by atoms with E-state index in [2.05, 4.69) is 0 Å². The number of non-ortho nitro benzene ring substituents is 1. The van der Waals surface area contributed by atoms with Crippen molar-refractivity contribution in [3.8, 4) is 5.75 Å². The molecule has 1 aromatic carbocycles. The number of carbonyl (C=O) groups is 1. The third-order valence-corrected chi connectivity index (χ3v) is 2.11. The Balaban J connectivity index is 2.77. The van der Waals surface area contributed by atoms with Crippen LogP contribution in [-0.4, -0.2) is 22.6 Å². The maximum atomic E-state index is 11.0. The Morgan fingerprint density at radius 1 is 1.56 bits per heavy atom. The first-order valence-corrected chi connectivity index (χ1v) is 5.34. The molecule has 18 heavy (non-hydrogen) atoms. The quantitative estimate of drug-likeness (QED) is 0.492. The maximum absolute atomic E-state index is 11.0. The van der Waals surface area contributed by atoms with Crippen LogP contribution in [-0.2, 0) is 9.53 Å². The Bertz CT molecular complexity index is 481. The second-order valence-corrected chi connectivity index (χ2v) is 3.41. The van der Waals surface area contributed by atoms with E-state index in [1.807, 2.05) is 0 Å². The topological polar surface area (TPSA) is 89.7 Å². The van der Waals surface area contributed by atoms with Crippen LogP contribution in [0.5, 0.6) is 5.75 Å². The average molecular weight is 251 g/mol. The third kappa shape index (κ3) is 3.89. The van der Waals surface area contributed by atoms with Gasteiger partial charge in [-0.1, -0.05) is 12.2 Å². The Morgan fingerprint density at radius 3 is 2.89 bits per heavy atom. The molecule has 0 saturated heterocycles. The molecule has 0 aromatic heterocycles. The highest BCUT2D eigenvalue weighted by Gasteiger charge is 2.08. The summed E-state index contributed by atoms with van der Waals surface area (Å²) in [6, 6.07) is 3.68. The molecular weight excluding hydrogens is 238 g/mol. The monoisotopic (exact) mass is 251 g/mol. The predicted molar refractivity (Wildman–Crippen MR) is 65.0 cm³/mol. The lowest BCUT2D eigenvalue weighted by Gasteiger charge is -1.99. The molecule has 0 fully saturated rings. The first-order valence-electron chi connectivity index (χ1n) is 5.34. The van der Waals surface area contributed by atoms with Gasteiger partial charge < -0.3 is 9.84 Å². The summed E-state index contributed by atoms with van der Waals surface area (Å²) >= 11 is 0. The number of phenols is 1. The largest absolute Gasteiger partial charge is 0.507 e. The lowest BCUT2D eigenvalue weighted by Crippen LogP contribution is -2.01. The van der Waals surface area contributed by atoms with Gasteiger partial charge in [0.1, 0.15) is 5.75 Å². The maximum Gasteiger partial charge on any atom is 0.309 e. The number of hydrogen-bond acceptors (Lipinski definition) is 5. The number of carbonyl (C=O) groups excluding carboxylic acids is 1. The summed E-state index contributed by atoms with van der Waals surface area (Å²) in [4.78, 5) is 21.1. The van der Waals surface area contributed by atoms with Gasteiger partial charge in [-0.3, -0.25) is 14.9 Å². The minimum atomic E-state index is -0.553. The van der Waals surface area contributed by atoms with E-state index in [4.69, 9.17) is 4.74 Å². The number of esters is 1. The van der Waals surface area contributed by atoms with Gasteiger partial charge in [0.05, 0.1) is 18.0 Å². The van der Waals surface area contributed by atoms with Crippen LogP contribution in [0.3, 0.4) is 0 Å². The van der Waals surface area contributed by atoms with Gasteiger partial charge in [-0.25, -0.2) is 0 Å². The van der Waals surface area contributed by atoms with E-state index >= 15 is 0 Å². The molecule has 96 valence electrons. The fourth-order valence-electron chi connectivity index (χ4n) is 1.29. The number of nitrogens with zero attached hydrogens (tertiary/aromatic N) is 1. The van der Waals surface area contributed by atoms with Crippen molar-refractivity contribution in [3.05, 3.63) is 40.0 Å². The Morgan fingerprint density at radius 2 is 2.28 bits per heavy atom. The molecule has 0 heterocycles. The number of hydrogen-bond donors (Lipinski definition) is 1. The highest BCUT2D eigenvalue weighted by atomic mass is 16.6. The van der Waals surface area contributed by atoms with Gasteiger partial charge in [0.15, 0.2) is 0 Å². The predicted octanol–water partition coefficient (Wildman–Crippen LogP) is 2.27. The summed E-state index contributed by atoms with van der Waals surface area (Å²) in [5.74, 6) is -0.473. The average Bonchev–Trinajstić information content (AvgIpc) is 2.31. The molecule has 0 atom stereocenters. The molecule has 1 rings (SSSR count). The van der Waals surface area contributed by atoms with E-state index in [1.54, 1.807) is 6.92 Å². The van der Waals surface area contributed by atoms with Crippen molar-refractivity contribution in [3.63, 3.8) is 0 Å². The van der Waals surface area contributed by atoms with E-state index in [0.29, 0.717) is 6.61 Å². The molecule has 0 unspecified atom stereocenters. The second-order valence-electron chi connectivity index (χ2n) is 3.41. The smallest absolute Gasteiger partial charge is 0.309 e. The van der Waals surface area contributed by atoms with Gasteiger partial charge in [0, 0.05) is 17.7 Å². The van der Waals surface area contributed by atoms with Gasteiger partial charge in [-0.15, -0.1) is 0 Å². The summed E-state index contributed by atoms with van der Waals surface area (Å²) in [6.45, 7) is 2.00. The zero-order valence-electron chi connectivity index (χ0n) is 9.83. The van der Waals surface area contributed by atoms with Crippen LogP contribution in [0.1, 0.15) is 18.9 Å². The third-order valence-electron chi connectivity index (χ3n) is 2.11. The number of rotatable bonds is 5. The van der Waals surface area contributed by atoms with Crippen molar-refractivity contribution in [1.29, 1.82) is 0 Å². The van der Waals surface area contributed by atoms with E-state index in [1.165, 1.54) is 30.4 Å². The van der Waals surface area contributed by atoms with Crippen molar-refractivity contribution < 1.29 is 19.6 Å². The van der Waals surface area contributed by atoms with Crippen LogP contribution in [0.4, 0.5) is 5.69 Å². The van der Waals surface area contributed by atoms with Crippen molar-refractivity contribution in [2.75, 3.05) is 6.61 Å². The number of ether oxygens (including phenoxy) is 1. The molecule has 0 spiro atoms. The molecule has 6 nitrogen and oxygen atoms in total. The van der Waals surface area contributed by atoms with E-state index in [0.717, 1.165) is 0 Å². The molecule has 0 radical (unpaired) electrons. The molecule has 0 aliphatic carbocycles. The summed E-state index contributed by atoms with van der Waals surface area (Å²) in [7, 11) is 0. The van der Waals surface area contributed by atoms with Crippen molar-refractivity contribution in [2.45, 2.75) is 13.3 Å². The molecular formula is C12H13NO5. The fourth-order valence-corrected chi connectivity index (χ4v) is 1.29. The Hall–Kier alpha value is -2.37. The SMILES string of the molecule is CCOC(=O)CC=Cc1cc([N+](=O)[O-])ccc1O. The molecule has 0 aliphatic heterocycles. The van der Waals surface area contributed by atoms with Crippen LogP contribution in [0, 0.1) is 10.1 Å². The molecule has 0 amide bonds. The van der Waals surface area contributed by atoms with Gasteiger partial charge in [0.2, 0.25) is 0 Å². The minimum Gasteiger partial charge on any atom is -0.507 e. The lowest BCUT2D eigenvalue weighted by atomic mass is 10.1. The number of benzene rings is 1. The Labute approximate surface area is 104 Å². The van der Waals surface area contributed by atoms with Gasteiger partial charge in [-0.2, -0.15) is 0 Å². The summed E-state index contributed by atoms with van der Waals surface area (Å²) in [5, 5.41) is 20.1. The minimum absolute atomic E-state index is 0.0516. The zero-order chi connectivity index (χ0) is 13.5. The van der Waals surface area contributed by atoms with Gasteiger partial charge in [-0.05, 0) is 13.0 Å². The van der Waals surface area contributed by atoms with Crippen molar-refractivity contribution in [2.24, 2.45) is 0 Å². The number of nitro benzene ring substituents is 1. The van der Waals surface area contributed by atoms with Gasteiger partial charge in [0.25, 0.3) is 5.69 Å². The summed E-state index contributed by atoms with van der Waals surface area (Å²) < 4.78 is 4.71. The second kappa shape index (κ2) is 6.39. The first-order chi connectivity index (χ1) is 8.54. The first kappa shape index (κ1) is 13.7. The van der Waals surface area contributed by atoms with E-state index in [9.17, 15) is 20.0 Å². The highest BCUT2D eigenvalue weighted by Crippen LogP contribution is 2.24. The Kier molecular flexibility index (Phi) is 4.86.